The van der Waals surface area contributed by atoms with E-state index in [1.54, 1.807) is 32.0 Å². The Morgan fingerprint density at radius 3 is 2.44 bits per heavy atom. The van der Waals surface area contributed by atoms with Crippen molar-refractivity contribution in [3.63, 3.8) is 0 Å². The number of hydrogen-bond donors (Lipinski definition) is 1. The van der Waals surface area contributed by atoms with Gasteiger partial charge in [0.05, 0.1) is 22.6 Å². The van der Waals surface area contributed by atoms with E-state index in [0.717, 1.165) is 0 Å². The molecule has 4 rings (SSSR count). The molecule has 36 heavy (non-hydrogen) atoms. The Kier molecular flexibility index (Phi) is 6.30. The number of ether oxygens (including phenoxy) is 1. The molecule has 0 saturated carbocycles. The Morgan fingerprint density at radius 2 is 1.81 bits per heavy atom. The third kappa shape index (κ3) is 5.18. The lowest BCUT2D eigenvalue weighted by atomic mass is 9.85. The Hall–Kier alpha value is -3.15. The standard InChI is InChI=1S/C24H26F3N3O5S/c1-22(2)17-12-15(20(31)29-23(3)7-10-36(33,34)11-8-23)4-5-18(17)30(21(22)32)19-13-16(6-9-28-19)35-14-24(25,26)27/h4-6,9,12-13H,7-8,10-11,14H2,1-3H3,(H,29,31). The molecule has 0 spiro atoms. The van der Waals surface area contributed by atoms with Gasteiger partial charge in [0.1, 0.15) is 21.4 Å². The summed E-state index contributed by atoms with van der Waals surface area (Å²) in [7, 11) is -3.10. The molecule has 8 nitrogen and oxygen atoms in total. The van der Waals surface area contributed by atoms with Crippen LogP contribution in [0.15, 0.2) is 36.5 Å². The molecule has 1 aromatic carbocycles. The van der Waals surface area contributed by atoms with Crippen LogP contribution in [0, 0.1) is 0 Å². The van der Waals surface area contributed by atoms with E-state index in [2.05, 4.69) is 10.3 Å². The van der Waals surface area contributed by atoms with Gasteiger partial charge in [0.25, 0.3) is 5.91 Å². The summed E-state index contributed by atoms with van der Waals surface area (Å²) < 4.78 is 66.0. The fraction of sp³-hybridized carbons (Fsp3) is 0.458. The highest BCUT2D eigenvalue weighted by Gasteiger charge is 2.46. The van der Waals surface area contributed by atoms with Crippen molar-refractivity contribution in [2.45, 2.75) is 50.7 Å². The van der Waals surface area contributed by atoms with E-state index in [4.69, 9.17) is 4.74 Å². The quantitative estimate of drug-likeness (QED) is 0.639. The average Bonchev–Trinajstić information content (AvgIpc) is 2.99. The van der Waals surface area contributed by atoms with E-state index in [0.29, 0.717) is 29.7 Å². The van der Waals surface area contributed by atoms with Crippen molar-refractivity contribution < 1.29 is 35.9 Å². The van der Waals surface area contributed by atoms with E-state index in [1.807, 2.05) is 6.92 Å². The number of nitrogens with one attached hydrogen (secondary N) is 1. The van der Waals surface area contributed by atoms with Crippen LogP contribution in [-0.2, 0) is 20.0 Å². The molecular weight excluding hydrogens is 499 g/mol. The highest BCUT2D eigenvalue weighted by Crippen LogP contribution is 2.45. The average molecular weight is 526 g/mol. The minimum atomic E-state index is -4.51. The first kappa shape index (κ1) is 25.9. The predicted octanol–water partition coefficient (Wildman–Crippen LogP) is 3.68. The van der Waals surface area contributed by atoms with Crippen LogP contribution in [0.5, 0.6) is 5.75 Å². The highest BCUT2D eigenvalue weighted by molar-refractivity contribution is 7.91. The molecule has 1 N–H and O–H groups in total. The summed E-state index contributed by atoms with van der Waals surface area (Å²) in [6.45, 7) is 3.71. The van der Waals surface area contributed by atoms with Crippen LogP contribution < -0.4 is 15.0 Å². The fourth-order valence-electron chi connectivity index (χ4n) is 4.34. The number of carbonyl (C=O) groups is 2. The number of pyridine rings is 1. The van der Waals surface area contributed by atoms with Crippen LogP contribution in [0.1, 0.15) is 49.5 Å². The molecular formula is C24H26F3N3O5S. The van der Waals surface area contributed by atoms with Crippen molar-refractivity contribution in [2.24, 2.45) is 0 Å². The molecule has 2 amide bonds. The van der Waals surface area contributed by atoms with Crippen molar-refractivity contribution in [2.75, 3.05) is 23.0 Å². The van der Waals surface area contributed by atoms with Crippen LogP contribution in [0.4, 0.5) is 24.7 Å². The predicted molar refractivity (Wildman–Crippen MR) is 126 cm³/mol. The van der Waals surface area contributed by atoms with Gasteiger partial charge in [-0.2, -0.15) is 13.2 Å². The summed E-state index contributed by atoms with van der Waals surface area (Å²) in [4.78, 5) is 31.8. The number of carbonyl (C=O) groups excluding carboxylic acids is 2. The number of halogens is 3. The first-order chi connectivity index (χ1) is 16.6. The monoisotopic (exact) mass is 525 g/mol. The van der Waals surface area contributed by atoms with Crippen molar-refractivity contribution in [1.29, 1.82) is 0 Å². The molecule has 0 unspecified atom stereocenters. The van der Waals surface area contributed by atoms with Gasteiger partial charge in [0.15, 0.2) is 6.61 Å². The first-order valence-electron chi connectivity index (χ1n) is 11.3. The molecule has 0 aliphatic carbocycles. The molecule has 194 valence electrons. The maximum absolute atomic E-state index is 13.3. The summed E-state index contributed by atoms with van der Waals surface area (Å²) in [5, 5.41) is 2.93. The molecule has 12 heteroatoms. The normalized spacial score (nSPS) is 20.1. The van der Waals surface area contributed by atoms with Crippen LogP contribution in [-0.4, -0.2) is 55.0 Å². The molecule has 0 atom stereocenters. The van der Waals surface area contributed by atoms with Gasteiger partial charge in [0.2, 0.25) is 5.91 Å². The summed E-state index contributed by atoms with van der Waals surface area (Å²) in [6, 6.07) is 7.27. The first-order valence-corrected chi connectivity index (χ1v) is 13.1. The Balaban J connectivity index is 1.60. The molecule has 1 aromatic heterocycles. The van der Waals surface area contributed by atoms with Gasteiger partial charge < -0.3 is 10.1 Å². The maximum Gasteiger partial charge on any atom is 0.422 e. The van der Waals surface area contributed by atoms with Crippen LogP contribution in [0.2, 0.25) is 0 Å². The molecule has 1 fully saturated rings. The Labute approximate surface area is 206 Å². The van der Waals surface area contributed by atoms with Gasteiger partial charge in [-0.05, 0) is 63.4 Å². The number of amides is 2. The lowest BCUT2D eigenvalue weighted by Gasteiger charge is -2.34. The summed E-state index contributed by atoms with van der Waals surface area (Å²) in [5.41, 5.74) is -0.392. The van der Waals surface area contributed by atoms with E-state index in [-0.39, 0.29) is 34.9 Å². The maximum atomic E-state index is 13.3. The molecule has 1 saturated heterocycles. The largest absolute Gasteiger partial charge is 0.484 e. The second-order valence-electron chi connectivity index (χ2n) is 9.92. The number of hydrogen-bond acceptors (Lipinski definition) is 6. The Bertz CT molecular complexity index is 1310. The number of nitrogens with zero attached hydrogens (tertiary/aromatic N) is 2. The fourth-order valence-corrected chi connectivity index (χ4v) is 6.07. The van der Waals surface area contributed by atoms with Gasteiger partial charge in [-0.15, -0.1) is 0 Å². The van der Waals surface area contributed by atoms with Crippen molar-refractivity contribution in [1.82, 2.24) is 10.3 Å². The second-order valence-corrected chi connectivity index (χ2v) is 12.2. The second kappa shape index (κ2) is 8.75. The lowest BCUT2D eigenvalue weighted by molar-refractivity contribution is -0.153. The molecule has 0 radical (unpaired) electrons. The smallest absolute Gasteiger partial charge is 0.422 e. The highest BCUT2D eigenvalue weighted by atomic mass is 32.2. The molecule has 3 heterocycles. The van der Waals surface area contributed by atoms with Gasteiger partial charge in [-0.3, -0.25) is 14.5 Å². The van der Waals surface area contributed by atoms with Gasteiger partial charge in [0, 0.05) is 23.4 Å². The zero-order chi connectivity index (χ0) is 26.5. The SMILES string of the molecule is CC1(NC(=O)c2ccc3c(c2)C(C)(C)C(=O)N3c2cc(OCC(F)(F)F)ccn2)CCS(=O)(=O)CC1. The van der Waals surface area contributed by atoms with E-state index in [1.165, 1.54) is 23.2 Å². The van der Waals surface area contributed by atoms with E-state index < -0.39 is 33.6 Å². The van der Waals surface area contributed by atoms with E-state index >= 15 is 0 Å². The van der Waals surface area contributed by atoms with Crippen molar-refractivity contribution in [3.8, 4) is 5.75 Å². The summed E-state index contributed by atoms with van der Waals surface area (Å²) in [6.07, 6.45) is -2.64. The van der Waals surface area contributed by atoms with Crippen LogP contribution >= 0.6 is 0 Å². The van der Waals surface area contributed by atoms with Gasteiger partial charge in [-0.1, -0.05) is 0 Å². The summed E-state index contributed by atoms with van der Waals surface area (Å²) >= 11 is 0. The number of aromatic nitrogens is 1. The Morgan fingerprint density at radius 1 is 1.14 bits per heavy atom. The van der Waals surface area contributed by atoms with Crippen molar-refractivity contribution in [3.05, 3.63) is 47.7 Å². The molecule has 0 bridgehead atoms. The number of benzene rings is 1. The minimum absolute atomic E-state index is 0.00318. The van der Waals surface area contributed by atoms with Crippen LogP contribution in [0.25, 0.3) is 0 Å². The minimum Gasteiger partial charge on any atom is -0.484 e. The number of fused-ring (bicyclic) bond motifs is 1. The molecule has 2 aliphatic rings. The number of rotatable bonds is 5. The van der Waals surface area contributed by atoms with Crippen LogP contribution in [0.3, 0.4) is 0 Å². The number of anilines is 2. The lowest BCUT2D eigenvalue weighted by Crippen LogP contribution is -2.50. The molecule has 2 aromatic rings. The van der Waals surface area contributed by atoms with E-state index in [9.17, 15) is 31.2 Å². The summed E-state index contributed by atoms with van der Waals surface area (Å²) in [5.74, 6) is -0.733. The molecule has 2 aliphatic heterocycles. The number of alkyl halides is 3. The topological polar surface area (TPSA) is 106 Å². The zero-order valence-corrected chi connectivity index (χ0v) is 20.8. The van der Waals surface area contributed by atoms with Crippen molar-refractivity contribution >= 4 is 33.2 Å². The number of sulfone groups is 1. The zero-order valence-electron chi connectivity index (χ0n) is 20.0. The third-order valence-corrected chi connectivity index (χ3v) is 8.26. The van der Waals surface area contributed by atoms with Gasteiger partial charge >= 0.3 is 6.18 Å². The third-order valence-electron chi connectivity index (χ3n) is 6.60. The van der Waals surface area contributed by atoms with Gasteiger partial charge in [-0.25, -0.2) is 13.4 Å².